The first-order valence-electron chi connectivity index (χ1n) is 6.96. The molecule has 0 fully saturated rings. The first-order chi connectivity index (χ1) is 11.1. The molecule has 0 spiro atoms. The number of carbonyl (C=O) groups excluding carboxylic acids is 2. The topological polar surface area (TPSA) is 106 Å². The first-order valence-corrected chi connectivity index (χ1v) is 7.78. The van der Waals surface area contributed by atoms with Crippen LogP contribution < -0.4 is 10.6 Å². The van der Waals surface area contributed by atoms with Crippen molar-refractivity contribution in [2.75, 3.05) is 24.3 Å². The van der Waals surface area contributed by atoms with Crippen LogP contribution >= 0.6 is 11.3 Å². The van der Waals surface area contributed by atoms with E-state index in [9.17, 15) is 9.59 Å². The smallest absolute Gasteiger partial charge is 0.357 e. The predicted molar refractivity (Wildman–Crippen MR) is 86.6 cm³/mol. The average molecular weight is 335 g/mol. The number of esters is 1. The summed E-state index contributed by atoms with van der Waals surface area (Å²) in [6.45, 7) is 2.34. The van der Waals surface area contributed by atoms with E-state index >= 15 is 0 Å². The molecule has 0 aliphatic rings. The number of aryl methyl sites for hydroxylation is 1. The molecular weight excluding hydrogens is 318 g/mol. The van der Waals surface area contributed by atoms with Gasteiger partial charge in [-0.3, -0.25) is 4.79 Å². The van der Waals surface area contributed by atoms with Gasteiger partial charge in [0.05, 0.1) is 7.11 Å². The van der Waals surface area contributed by atoms with Gasteiger partial charge in [0.15, 0.2) is 10.8 Å². The van der Waals surface area contributed by atoms with Gasteiger partial charge in [-0.1, -0.05) is 0 Å². The Bertz CT molecular complexity index is 674. The summed E-state index contributed by atoms with van der Waals surface area (Å²) in [5.41, 5.74) is 0.232. The normalized spacial score (nSPS) is 10.2. The van der Waals surface area contributed by atoms with Crippen LogP contribution in [0.25, 0.3) is 0 Å². The number of amides is 1. The van der Waals surface area contributed by atoms with Crippen molar-refractivity contribution in [1.82, 2.24) is 15.0 Å². The highest BCUT2D eigenvalue weighted by molar-refractivity contribution is 7.16. The number of hydrogen-bond donors (Lipinski definition) is 2. The van der Waals surface area contributed by atoms with Crippen LogP contribution in [0.5, 0.6) is 0 Å². The Morgan fingerprint density at radius 3 is 2.74 bits per heavy atom. The zero-order valence-electron chi connectivity index (χ0n) is 12.8. The molecular formula is C14H17N5O3S. The molecule has 122 valence electrons. The lowest BCUT2D eigenvalue weighted by molar-refractivity contribution is -0.116. The van der Waals surface area contributed by atoms with Crippen molar-refractivity contribution in [1.29, 1.82) is 0 Å². The van der Waals surface area contributed by atoms with Gasteiger partial charge in [0.1, 0.15) is 0 Å². The van der Waals surface area contributed by atoms with Crippen LogP contribution in [-0.4, -0.2) is 40.5 Å². The Balaban J connectivity index is 1.75. The Hall–Kier alpha value is -2.55. The molecule has 2 heterocycles. The van der Waals surface area contributed by atoms with Crippen LogP contribution in [0.2, 0.25) is 0 Å². The van der Waals surface area contributed by atoms with Crippen LogP contribution in [-0.2, 0) is 9.53 Å². The third-order valence-corrected chi connectivity index (χ3v) is 3.74. The Kier molecular flexibility index (Phi) is 5.98. The number of aromatic nitrogens is 3. The Morgan fingerprint density at radius 1 is 1.30 bits per heavy atom. The van der Waals surface area contributed by atoms with Crippen molar-refractivity contribution in [2.24, 2.45) is 0 Å². The molecule has 8 nitrogen and oxygen atoms in total. The Morgan fingerprint density at radius 2 is 2.04 bits per heavy atom. The highest BCUT2D eigenvalue weighted by atomic mass is 32.1. The SMILES string of the molecule is COC(=O)c1nc(NC(=O)CCCNc2ncccn2)sc1C. The molecule has 0 radical (unpaired) electrons. The van der Waals surface area contributed by atoms with E-state index in [1.165, 1.54) is 18.4 Å². The molecule has 0 atom stereocenters. The maximum Gasteiger partial charge on any atom is 0.357 e. The Labute approximate surface area is 137 Å². The molecule has 2 aromatic heterocycles. The molecule has 23 heavy (non-hydrogen) atoms. The zero-order valence-corrected chi connectivity index (χ0v) is 13.6. The second kappa shape index (κ2) is 8.18. The van der Waals surface area contributed by atoms with Crippen LogP contribution in [0.1, 0.15) is 28.2 Å². The summed E-state index contributed by atoms with van der Waals surface area (Å²) in [4.78, 5) is 36.2. The molecule has 1 amide bonds. The monoisotopic (exact) mass is 335 g/mol. The summed E-state index contributed by atoms with van der Waals surface area (Å²) in [5.74, 6) is -0.136. The third kappa shape index (κ3) is 4.99. The second-order valence-corrected chi connectivity index (χ2v) is 5.77. The molecule has 2 rings (SSSR count). The van der Waals surface area contributed by atoms with Gasteiger partial charge in [-0.25, -0.2) is 19.7 Å². The molecule has 2 N–H and O–H groups in total. The van der Waals surface area contributed by atoms with Crippen molar-refractivity contribution in [2.45, 2.75) is 19.8 Å². The van der Waals surface area contributed by atoms with Gasteiger partial charge in [0, 0.05) is 30.2 Å². The summed E-state index contributed by atoms with van der Waals surface area (Å²) in [6, 6.07) is 1.73. The molecule has 0 saturated carbocycles. The fourth-order valence-electron chi connectivity index (χ4n) is 1.76. The van der Waals surface area contributed by atoms with Gasteiger partial charge in [-0.15, -0.1) is 11.3 Å². The number of methoxy groups -OCH3 is 1. The van der Waals surface area contributed by atoms with Crippen molar-refractivity contribution >= 4 is 34.3 Å². The molecule has 0 saturated heterocycles. The van der Waals surface area contributed by atoms with Gasteiger partial charge >= 0.3 is 5.97 Å². The quantitative estimate of drug-likeness (QED) is 0.587. The molecule has 9 heteroatoms. The number of rotatable bonds is 7. The number of nitrogens with zero attached hydrogens (tertiary/aromatic N) is 3. The number of anilines is 2. The fourth-order valence-corrected chi connectivity index (χ4v) is 2.57. The predicted octanol–water partition coefficient (Wildman–Crippen LogP) is 1.86. The standard InChI is InChI=1S/C14H17N5O3S/c1-9-11(12(21)22-2)19-14(23-9)18-10(20)5-3-6-15-13-16-7-4-8-17-13/h4,7-8H,3,5-6H2,1-2H3,(H,15,16,17)(H,18,19,20). The van der Waals surface area contributed by atoms with E-state index in [-0.39, 0.29) is 11.6 Å². The molecule has 0 aromatic carbocycles. The van der Waals surface area contributed by atoms with E-state index in [2.05, 4.69) is 30.3 Å². The van der Waals surface area contributed by atoms with Crippen LogP contribution in [0, 0.1) is 6.92 Å². The van der Waals surface area contributed by atoms with E-state index < -0.39 is 5.97 Å². The second-order valence-electron chi connectivity index (χ2n) is 4.57. The number of thiazole rings is 1. The van der Waals surface area contributed by atoms with Gasteiger partial charge in [-0.05, 0) is 19.4 Å². The fraction of sp³-hybridized carbons (Fsp3) is 0.357. The molecule has 0 unspecified atom stereocenters. The molecule has 0 aliphatic heterocycles. The number of hydrogen-bond acceptors (Lipinski definition) is 8. The summed E-state index contributed by atoms with van der Waals surface area (Å²) >= 11 is 1.24. The van der Waals surface area contributed by atoms with Crippen molar-refractivity contribution in [3.8, 4) is 0 Å². The number of ether oxygens (including phenoxy) is 1. The van der Waals surface area contributed by atoms with E-state index in [1.807, 2.05) is 0 Å². The van der Waals surface area contributed by atoms with Gasteiger partial charge < -0.3 is 15.4 Å². The lowest BCUT2D eigenvalue weighted by Gasteiger charge is -2.04. The summed E-state index contributed by atoms with van der Waals surface area (Å²) < 4.78 is 4.63. The van der Waals surface area contributed by atoms with E-state index in [4.69, 9.17) is 0 Å². The zero-order chi connectivity index (χ0) is 16.7. The molecule has 0 aliphatic carbocycles. The number of carbonyl (C=O) groups is 2. The van der Waals surface area contributed by atoms with E-state index in [0.29, 0.717) is 35.3 Å². The molecule has 2 aromatic rings. The number of nitrogens with one attached hydrogen (secondary N) is 2. The molecule has 0 bridgehead atoms. The minimum absolute atomic E-state index is 0.161. The van der Waals surface area contributed by atoms with Crippen molar-refractivity contribution in [3.05, 3.63) is 29.0 Å². The third-order valence-electron chi connectivity index (χ3n) is 2.85. The highest BCUT2D eigenvalue weighted by Gasteiger charge is 2.16. The minimum Gasteiger partial charge on any atom is -0.464 e. The summed E-state index contributed by atoms with van der Waals surface area (Å²) in [5, 5.41) is 6.10. The summed E-state index contributed by atoms with van der Waals surface area (Å²) in [6.07, 6.45) is 4.24. The largest absolute Gasteiger partial charge is 0.464 e. The van der Waals surface area contributed by atoms with E-state index in [0.717, 1.165) is 0 Å². The van der Waals surface area contributed by atoms with Crippen LogP contribution in [0.4, 0.5) is 11.1 Å². The van der Waals surface area contributed by atoms with Crippen molar-refractivity contribution < 1.29 is 14.3 Å². The van der Waals surface area contributed by atoms with Gasteiger partial charge in [0.2, 0.25) is 11.9 Å². The minimum atomic E-state index is -0.508. The van der Waals surface area contributed by atoms with Crippen LogP contribution in [0.15, 0.2) is 18.5 Å². The van der Waals surface area contributed by atoms with Gasteiger partial charge in [-0.2, -0.15) is 0 Å². The lowest BCUT2D eigenvalue weighted by Crippen LogP contribution is -2.14. The van der Waals surface area contributed by atoms with Gasteiger partial charge in [0.25, 0.3) is 0 Å². The lowest BCUT2D eigenvalue weighted by atomic mass is 10.3. The maximum atomic E-state index is 11.9. The first kappa shape index (κ1) is 16.8. The highest BCUT2D eigenvalue weighted by Crippen LogP contribution is 2.22. The average Bonchev–Trinajstić information content (AvgIpc) is 2.92. The van der Waals surface area contributed by atoms with Crippen LogP contribution in [0.3, 0.4) is 0 Å². The van der Waals surface area contributed by atoms with E-state index in [1.54, 1.807) is 25.4 Å². The van der Waals surface area contributed by atoms with Crippen molar-refractivity contribution in [3.63, 3.8) is 0 Å². The maximum absolute atomic E-state index is 11.9. The summed E-state index contributed by atoms with van der Waals surface area (Å²) in [7, 11) is 1.29.